The van der Waals surface area contributed by atoms with Crippen molar-refractivity contribution >= 4 is 23.3 Å². The molecule has 1 rings (SSSR count). The van der Waals surface area contributed by atoms with Crippen LogP contribution in [-0.2, 0) is 9.53 Å². The number of carbonyl (C=O) groups excluding carboxylic acids is 2. The van der Waals surface area contributed by atoms with Crippen LogP contribution in [0.2, 0.25) is 0 Å². The molecular weight excluding hydrogens is 246 g/mol. The first kappa shape index (κ1) is 14.8. The number of nitrogens with two attached hydrogens (primary N) is 1. The maximum Gasteiger partial charge on any atom is 0.340 e. The maximum absolute atomic E-state index is 11.5. The summed E-state index contributed by atoms with van der Waals surface area (Å²) in [4.78, 5) is 23.0. The number of esters is 1. The minimum atomic E-state index is -0.507. The molecule has 0 heterocycles. The van der Waals surface area contributed by atoms with Crippen molar-refractivity contribution in [1.29, 1.82) is 0 Å². The average Bonchev–Trinajstić information content (AvgIpc) is 2.36. The van der Waals surface area contributed by atoms with Crippen LogP contribution in [0.5, 0.6) is 0 Å². The van der Waals surface area contributed by atoms with E-state index in [4.69, 9.17) is 5.73 Å². The van der Waals surface area contributed by atoms with Crippen molar-refractivity contribution in [3.05, 3.63) is 23.8 Å². The molecule has 0 aliphatic carbocycles. The lowest BCUT2D eigenvalue weighted by atomic mass is 10.1. The Balaban J connectivity index is 2.74. The van der Waals surface area contributed by atoms with E-state index in [0.29, 0.717) is 5.69 Å². The van der Waals surface area contributed by atoms with Gasteiger partial charge >= 0.3 is 5.97 Å². The molecule has 0 radical (unpaired) electrons. The van der Waals surface area contributed by atoms with Gasteiger partial charge in [-0.1, -0.05) is 6.07 Å². The van der Waals surface area contributed by atoms with Crippen LogP contribution >= 0.6 is 0 Å². The Morgan fingerprint density at radius 1 is 1.37 bits per heavy atom. The van der Waals surface area contributed by atoms with Crippen LogP contribution in [0.15, 0.2) is 18.2 Å². The minimum absolute atomic E-state index is 0.0769. The number of carbonyl (C=O) groups is 2. The summed E-state index contributed by atoms with van der Waals surface area (Å²) in [5, 5.41) is 5.64. The van der Waals surface area contributed by atoms with Gasteiger partial charge in [0.15, 0.2) is 0 Å². The summed E-state index contributed by atoms with van der Waals surface area (Å²) < 4.78 is 4.62. The van der Waals surface area contributed by atoms with Crippen molar-refractivity contribution in [2.75, 3.05) is 24.7 Å². The summed E-state index contributed by atoms with van der Waals surface area (Å²) in [6.07, 6.45) is 0. The lowest BCUT2D eigenvalue weighted by Gasteiger charge is -2.13. The number of benzene rings is 1. The van der Waals surface area contributed by atoms with Crippen molar-refractivity contribution in [1.82, 2.24) is 5.32 Å². The second kappa shape index (κ2) is 6.63. The van der Waals surface area contributed by atoms with E-state index in [-0.39, 0.29) is 29.7 Å². The van der Waals surface area contributed by atoms with Gasteiger partial charge in [0.2, 0.25) is 5.91 Å². The van der Waals surface area contributed by atoms with E-state index >= 15 is 0 Å². The molecule has 0 fully saturated rings. The second-order valence-corrected chi connectivity index (χ2v) is 4.33. The van der Waals surface area contributed by atoms with Gasteiger partial charge in [0, 0.05) is 6.04 Å². The molecule has 6 nitrogen and oxygen atoms in total. The third kappa shape index (κ3) is 4.17. The quantitative estimate of drug-likeness (QED) is 0.545. The molecule has 0 aromatic heterocycles. The van der Waals surface area contributed by atoms with Crippen LogP contribution in [-0.4, -0.2) is 31.6 Å². The molecule has 0 saturated heterocycles. The van der Waals surface area contributed by atoms with Crippen LogP contribution in [0, 0.1) is 0 Å². The molecule has 6 heteroatoms. The highest BCUT2D eigenvalue weighted by Crippen LogP contribution is 2.23. The molecule has 4 N–H and O–H groups in total. The minimum Gasteiger partial charge on any atom is -0.465 e. The molecule has 0 unspecified atom stereocenters. The fraction of sp³-hybridized carbons (Fsp3) is 0.385. The molecule has 1 aromatic carbocycles. The van der Waals surface area contributed by atoms with Crippen molar-refractivity contribution in [2.24, 2.45) is 0 Å². The molecule has 0 atom stereocenters. The fourth-order valence-electron chi connectivity index (χ4n) is 1.56. The highest BCUT2D eigenvalue weighted by molar-refractivity contribution is 5.98. The average molecular weight is 265 g/mol. The Bertz CT molecular complexity index is 472. The van der Waals surface area contributed by atoms with Gasteiger partial charge < -0.3 is 21.1 Å². The molecule has 0 aliphatic heterocycles. The first-order valence-electron chi connectivity index (χ1n) is 5.95. The zero-order chi connectivity index (χ0) is 14.4. The molecule has 0 saturated carbocycles. The van der Waals surface area contributed by atoms with Crippen molar-refractivity contribution in [3.8, 4) is 0 Å². The van der Waals surface area contributed by atoms with Crippen LogP contribution < -0.4 is 16.4 Å². The maximum atomic E-state index is 11.5. The fourth-order valence-corrected chi connectivity index (χ4v) is 1.56. The third-order valence-corrected chi connectivity index (χ3v) is 2.40. The first-order valence-corrected chi connectivity index (χ1v) is 5.95. The molecule has 19 heavy (non-hydrogen) atoms. The van der Waals surface area contributed by atoms with Crippen LogP contribution in [0.4, 0.5) is 11.4 Å². The molecule has 0 bridgehead atoms. The van der Waals surface area contributed by atoms with Gasteiger partial charge in [-0.05, 0) is 26.0 Å². The molecule has 1 aromatic rings. The number of methoxy groups -OCH3 is 1. The highest BCUT2D eigenvalue weighted by Gasteiger charge is 2.13. The lowest BCUT2D eigenvalue weighted by molar-refractivity contribution is -0.119. The zero-order valence-electron chi connectivity index (χ0n) is 11.3. The second-order valence-electron chi connectivity index (χ2n) is 4.33. The van der Waals surface area contributed by atoms with E-state index in [9.17, 15) is 9.59 Å². The predicted molar refractivity (Wildman–Crippen MR) is 74.0 cm³/mol. The van der Waals surface area contributed by atoms with Gasteiger partial charge in [-0.2, -0.15) is 0 Å². The van der Waals surface area contributed by atoms with E-state index in [1.807, 2.05) is 13.8 Å². The lowest BCUT2D eigenvalue weighted by Crippen LogP contribution is -2.35. The number of hydrogen-bond acceptors (Lipinski definition) is 5. The van der Waals surface area contributed by atoms with E-state index < -0.39 is 5.97 Å². The van der Waals surface area contributed by atoms with E-state index in [1.165, 1.54) is 7.11 Å². The number of nitrogens with one attached hydrogen (secondary N) is 2. The van der Waals surface area contributed by atoms with Gasteiger partial charge in [-0.15, -0.1) is 0 Å². The number of anilines is 2. The van der Waals surface area contributed by atoms with Gasteiger partial charge in [-0.3, -0.25) is 4.79 Å². The van der Waals surface area contributed by atoms with E-state index in [2.05, 4.69) is 15.4 Å². The van der Waals surface area contributed by atoms with Gasteiger partial charge in [-0.25, -0.2) is 4.79 Å². The van der Waals surface area contributed by atoms with Crippen molar-refractivity contribution < 1.29 is 14.3 Å². The van der Waals surface area contributed by atoms with Gasteiger partial charge in [0.05, 0.1) is 30.6 Å². The van der Waals surface area contributed by atoms with Gasteiger partial charge in [0.25, 0.3) is 0 Å². The number of para-hydroxylation sites is 1. The summed E-state index contributed by atoms with van der Waals surface area (Å²) in [7, 11) is 1.29. The summed E-state index contributed by atoms with van der Waals surface area (Å²) in [6.45, 7) is 3.85. The Morgan fingerprint density at radius 3 is 2.63 bits per heavy atom. The summed E-state index contributed by atoms with van der Waals surface area (Å²) in [6, 6.07) is 5.02. The van der Waals surface area contributed by atoms with Crippen molar-refractivity contribution in [2.45, 2.75) is 19.9 Å². The largest absolute Gasteiger partial charge is 0.465 e. The normalized spacial score (nSPS) is 10.1. The van der Waals surface area contributed by atoms with Crippen LogP contribution in [0.3, 0.4) is 0 Å². The molecule has 0 aliphatic rings. The Morgan fingerprint density at radius 2 is 2.05 bits per heavy atom. The van der Waals surface area contributed by atoms with Crippen LogP contribution in [0.25, 0.3) is 0 Å². The third-order valence-electron chi connectivity index (χ3n) is 2.40. The Labute approximate surface area is 112 Å². The van der Waals surface area contributed by atoms with Crippen LogP contribution in [0.1, 0.15) is 24.2 Å². The van der Waals surface area contributed by atoms with E-state index in [0.717, 1.165) is 0 Å². The highest BCUT2D eigenvalue weighted by atomic mass is 16.5. The monoisotopic (exact) mass is 265 g/mol. The van der Waals surface area contributed by atoms with Crippen molar-refractivity contribution in [3.63, 3.8) is 0 Å². The molecule has 1 amide bonds. The summed E-state index contributed by atoms with van der Waals surface area (Å²) >= 11 is 0. The molecule has 104 valence electrons. The number of ether oxygens (including phenoxy) is 1. The standard InChI is InChI=1S/C13H19N3O3/c1-8(2)16-11(17)7-15-10-6-4-5-9(12(10)14)13(18)19-3/h4-6,8,15H,7,14H2,1-3H3,(H,16,17). The van der Waals surface area contributed by atoms with E-state index in [1.54, 1.807) is 18.2 Å². The zero-order valence-corrected chi connectivity index (χ0v) is 11.3. The first-order chi connectivity index (χ1) is 8.95. The topological polar surface area (TPSA) is 93.4 Å². The smallest absolute Gasteiger partial charge is 0.340 e. The Hall–Kier alpha value is -2.24. The summed E-state index contributed by atoms with van der Waals surface area (Å²) in [5.74, 6) is -0.648. The number of nitrogen functional groups attached to an aromatic ring is 1. The Kier molecular flexibility index (Phi) is 5.17. The van der Waals surface area contributed by atoms with Gasteiger partial charge in [0.1, 0.15) is 0 Å². The number of amides is 1. The molecular formula is C13H19N3O3. The number of rotatable bonds is 5. The number of hydrogen-bond donors (Lipinski definition) is 3. The summed E-state index contributed by atoms with van der Waals surface area (Å²) in [5.41, 5.74) is 6.93. The SMILES string of the molecule is COC(=O)c1cccc(NCC(=O)NC(C)C)c1N. The predicted octanol–water partition coefficient (Wildman–Crippen LogP) is 0.992. The molecule has 0 spiro atoms.